The van der Waals surface area contributed by atoms with Gasteiger partial charge in [-0.15, -0.1) is 24.8 Å². The van der Waals surface area contributed by atoms with E-state index in [4.69, 9.17) is 5.73 Å². The Morgan fingerprint density at radius 2 is 2.00 bits per heavy atom. The minimum Gasteiger partial charge on any atom is -0.398 e. The van der Waals surface area contributed by atoms with Crippen LogP contribution in [0.2, 0.25) is 0 Å². The van der Waals surface area contributed by atoms with E-state index in [1.165, 1.54) is 12.8 Å². The summed E-state index contributed by atoms with van der Waals surface area (Å²) in [5.41, 5.74) is 6.86. The van der Waals surface area contributed by atoms with Gasteiger partial charge in [-0.25, -0.2) is 0 Å². The highest BCUT2D eigenvalue weighted by molar-refractivity contribution is 5.99. The molecule has 0 radical (unpaired) electrons. The van der Waals surface area contributed by atoms with E-state index < -0.39 is 0 Å². The lowest BCUT2D eigenvalue weighted by molar-refractivity contribution is 0.0949. The number of amides is 1. The van der Waals surface area contributed by atoms with Crippen molar-refractivity contribution in [2.24, 2.45) is 0 Å². The number of halogens is 2. The maximum Gasteiger partial charge on any atom is 0.253 e. The van der Waals surface area contributed by atoms with E-state index in [0.29, 0.717) is 17.8 Å². The first-order valence-electron chi connectivity index (χ1n) is 6.59. The number of likely N-dealkylation sites (N-methyl/N-ethyl adjacent to an activating group) is 1. The van der Waals surface area contributed by atoms with Gasteiger partial charge in [-0.2, -0.15) is 0 Å². The van der Waals surface area contributed by atoms with Crippen LogP contribution in [0.1, 0.15) is 30.1 Å². The maximum absolute atomic E-state index is 11.9. The Labute approximate surface area is 132 Å². The van der Waals surface area contributed by atoms with Crippen LogP contribution in [0.5, 0.6) is 0 Å². The fourth-order valence-corrected chi connectivity index (χ4v) is 2.15. The van der Waals surface area contributed by atoms with Crippen LogP contribution in [0.15, 0.2) is 24.3 Å². The molecule has 3 N–H and O–H groups in total. The fraction of sp³-hybridized carbons (Fsp3) is 0.500. The summed E-state index contributed by atoms with van der Waals surface area (Å²) in [6.07, 6.45) is 2.60. The molecule has 1 aromatic carbocycles. The Morgan fingerprint density at radius 1 is 1.35 bits per heavy atom. The zero-order valence-electron chi connectivity index (χ0n) is 11.7. The molecule has 6 heteroatoms. The van der Waals surface area contributed by atoms with Gasteiger partial charge in [-0.3, -0.25) is 9.69 Å². The van der Waals surface area contributed by atoms with E-state index in [1.807, 2.05) is 12.1 Å². The molecule has 0 aromatic heterocycles. The molecule has 4 nitrogen and oxygen atoms in total. The molecule has 0 saturated heterocycles. The summed E-state index contributed by atoms with van der Waals surface area (Å²) in [6.45, 7) is 4.81. The highest BCUT2D eigenvalue weighted by atomic mass is 35.5. The van der Waals surface area contributed by atoms with Crippen molar-refractivity contribution in [1.82, 2.24) is 10.2 Å². The second-order valence-corrected chi connectivity index (χ2v) is 4.70. The first kappa shape index (κ1) is 19.0. The summed E-state index contributed by atoms with van der Waals surface area (Å²) in [6, 6.07) is 7.90. The lowest BCUT2D eigenvalue weighted by Gasteiger charge is -2.19. The minimum absolute atomic E-state index is 0. The third-order valence-corrected chi connectivity index (χ3v) is 3.36. The lowest BCUT2D eigenvalue weighted by atomic mass is 10.1. The number of nitrogens with two attached hydrogens (primary N) is 1. The van der Waals surface area contributed by atoms with Crippen LogP contribution < -0.4 is 11.1 Å². The number of anilines is 1. The number of nitrogen functional groups attached to an aromatic ring is 1. The number of carbonyl (C=O) groups is 1. The third-order valence-electron chi connectivity index (χ3n) is 3.36. The van der Waals surface area contributed by atoms with Gasteiger partial charge < -0.3 is 11.1 Å². The predicted octanol–water partition coefficient (Wildman–Crippen LogP) is 2.33. The van der Waals surface area contributed by atoms with E-state index in [1.54, 1.807) is 12.1 Å². The van der Waals surface area contributed by atoms with Crippen LogP contribution in [0.3, 0.4) is 0 Å². The van der Waals surface area contributed by atoms with Crippen molar-refractivity contribution in [3.8, 4) is 0 Å². The lowest BCUT2D eigenvalue weighted by Crippen LogP contribution is -2.36. The van der Waals surface area contributed by atoms with Crippen molar-refractivity contribution in [3.63, 3.8) is 0 Å². The van der Waals surface area contributed by atoms with Crippen molar-refractivity contribution < 1.29 is 4.79 Å². The van der Waals surface area contributed by atoms with Gasteiger partial charge >= 0.3 is 0 Å². The van der Waals surface area contributed by atoms with Gasteiger partial charge in [-0.05, 0) is 31.5 Å². The SMILES string of the molecule is CCN(CCNC(=O)c1ccccc1N)C1CC1.Cl.Cl. The number of hydrogen-bond acceptors (Lipinski definition) is 3. The number of hydrogen-bond donors (Lipinski definition) is 2. The Morgan fingerprint density at radius 3 is 2.55 bits per heavy atom. The monoisotopic (exact) mass is 319 g/mol. The predicted molar refractivity (Wildman–Crippen MR) is 88.0 cm³/mol. The van der Waals surface area contributed by atoms with Crippen LogP contribution in [-0.2, 0) is 0 Å². The summed E-state index contributed by atoms with van der Waals surface area (Å²) in [7, 11) is 0. The third kappa shape index (κ3) is 5.19. The summed E-state index contributed by atoms with van der Waals surface area (Å²) in [5, 5.41) is 2.93. The van der Waals surface area contributed by atoms with Crippen molar-refractivity contribution in [2.75, 3.05) is 25.4 Å². The quantitative estimate of drug-likeness (QED) is 0.791. The molecule has 0 atom stereocenters. The van der Waals surface area contributed by atoms with Gasteiger partial charge in [0.05, 0.1) is 5.56 Å². The second kappa shape index (κ2) is 9.06. The van der Waals surface area contributed by atoms with E-state index in [9.17, 15) is 4.79 Å². The van der Waals surface area contributed by atoms with Crippen LogP contribution in [0, 0.1) is 0 Å². The molecule has 0 unspecified atom stereocenters. The standard InChI is InChI=1S/C14H21N3O.2ClH/c1-2-17(11-7-8-11)10-9-16-14(18)12-5-3-4-6-13(12)15;;/h3-6,11H,2,7-10,15H2,1H3,(H,16,18);2*1H. The largest absolute Gasteiger partial charge is 0.398 e. The van der Waals surface area contributed by atoms with Gasteiger partial charge in [0.2, 0.25) is 0 Å². The fourth-order valence-electron chi connectivity index (χ4n) is 2.15. The first-order chi connectivity index (χ1) is 8.72. The molecule has 1 amide bonds. The topological polar surface area (TPSA) is 58.4 Å². The average molecular weight is 320 g/mol. The van der Waals surface area contributed by atoms with E-state index >= 15 is 0 Å². The molecular weight excluding hydrogens is 297 g/mol. The van der Waals surface area contributed by atoms with Gasteiger partial charge in [-0.1, -0.05) is 19.1 Å². The molecule has 0 aliphatic heterocycles. The molecule has 0 bridgehead atoms. The summed E-state index contributed by atoms with van der Waals surface area (Å²) in [4.78, 5) is 14.3. The Bertz CT molecular complexity index is 425. The molecule has 1 fully saturated rings. The normalized spacial score (nSPS) is 13.3. The highest BCUT2D eigenvalue weighted by Gasteiger charge is 2.27. The maximum atomic E-state index is 11.9. The van der Waals surface area contributed by atoms with E-state index in [2.05, 4.69) is 17.1 Å². The first-order valence-corrected chi connectivity index (χ1v) is 6.59. The second-order valence-electron chi connectivity index (χ2n) is 4.70. The van der Waals surface area contributed by atoms with Gasteiger partial charge in [0.15, 0.2) is 0 Å². The molecular formula is C14H23Cl2N3O. The van der Waals surface area contributed by atoms with Crippen molar-refractivity contribution in [1.29, 1.82) is 0 Å². The molecule has 1 saturated carbocycles. The molecule has 1 aliphatic carbocycles. The zero-order valence-corrected chi connectivity index (χ0v) is 13.3. The van der Waals surface area contributed by atoms with Gasteiger partial charge in [0.25, 0.3) is 5.91 Å². The van der Waals surface area contributed by atoms with E-state index in [-0.39, 0.29) is 30.7 Å². The summed E-state index contributed by atoms with van der Waals surface area (Å²) in [5.74, 6) is -0.0834. The molecule has 2 rings (SSSR count). The number of rotatable bonds is 6. The van der Waals surface area contributed by atoms with Crippen LogP contribution in [-0.4, -0.2) is 36.5 Å². The van der Waals surface area contributed by atoms with E-state index in [0.717, 1.165) is 19.1 Å². The smallest absolute Gasteiger partial charge is 0.253 e. The highest BCUT2D eigenvalue weighted by Crippen LogP contribution is 2.25. The van der Waals surface area contributed by atoms with Crippen molar-refractivity contribution in [2.45, 2.75) is 25.8 Å². The van der Waals surface area contributed by atoms with Gasteiger partial charge in [0, 0.05) is 24.8 Å². The number of nitrogens with zero attached hydrogens (tertiary/aromatic N) is 1. The van der Waals surface area contributed by atoms with Crippen LogP contribution in [0.4, 0.5) is 5.69 Å². The number of para-hydroxylation sites is 1. The Balaban J connectivity index is 0.00000180. The number of carbonyl (C=O) groups excluding carboxylic acids is 1. The van der Waals surface area contributed by atoms with Crippen LogP contribution in [0.25, 0.3) is 0 Å². The molecule has 20 heavy (non-hydrogen) atoms. The number of benzene rings is 1. The number of nitrogens with one attached hydrogen (secondary N) is 1. The zero-order chi connectivity index (χ0) is 13.0. The molecule has 0 heterocycles. The van der Waals surface area contributed by atoms with Crippen molar-refractivity contribution in [3.05, 3.63) is 29.8 Å². The summed E-state index contributed by atoms with van der Waals surface area (Å²) >= 11 is 0. The average Bonchev–Trinajstić information content (AvgIpc) is 3.19. The van der Waals surface area contributed by atoms with Crippen LogP contribution >= 0.6 is 24.8 Å². The Kier molecular flexibility index (Phi) is 8.62. The Hall–Kier alpha value is -0.970. The minimum atomic E-state index is -0.0834. The molecule has 1 aliphatic rings. The van der Waals surface area contributed by atoms with Gasteiger partial charge in [0.1, 0.15) is 0 Å². The molecule has 0 spiro atoms. The molecule has 1 aromatic rings. The summed E-state index contributed by atoms with van der Waals surface area (Å²) < 4.78 is 0. The molecule has 114 valence electrons. The van der Waals surface area contributed by atoms with Crippen molar-refractivity contribution >= 4 is 36.4 Å².